The van der Waals surface area contributed by atoms with Crippen LogP contribution in [0.2, 0.25) is 0 Å². The summed E-state index contributed by atoms with van der Waals surface area (Å²) in [6.45, 7) is 3.82. The predicted molar refractivity (Wildman–Crippen MR) is 80.1 cm³/mol. The minimum Gasteiger partial charge on any atom is -0.364 e. The van der Waals surface area contributed by atoms with E-state index in [0.717, 1.165) is 11.8 Å². The van der Waals surface area contributed by atoms with Gasteiger partial charge in [0.25, 0.3) is 10.1 Å². The van der Waals surface area contributed by atoms with Crippen LogP contribution >= 0.6 is 0 Å². The minimum absolute atomic E-state index is 0.149. The first-order valence-corrected chi connectivity index (χ1v) is 8.84. The summed E-state index contributed by atoms with van der Waals surface area (Å²) in [6, 6.07) is 5.17. The normalized spacial score (nSPS) is 31.2. The van der Waals surface area contributed by atoms with Crippen molar-refractivity contribution in [1.29, 1.82) is 0 Å². The van der Waals surface area contributed by atoms with Crippen molar-refractivity contribution in [1.82, 2.24) is 0 Å². The molecule has 3 fully saturated rings. The summed E-state index contributed by atoms with van der Waals surface area (Å²) in [6.07, 6.45) is 2.91. The van der Waals surface area contributed by atoms with Crippen molar-refractivity contribution in [2.24, 2.45) is 0 Å². The molecule has 3 aliphatic rings. The highest BCUT2D eigenvalue weighted by Gasteiger charge is 2.52. The maximum atomic E-state index is 12.6. The summed E-state index contributed by atoms with van der Waals surface area (Å²) in [5, 5.41) is 0. The second-order valence-corrected chi connectivity index (χ2v) is 7.98. The smallest absolute Gasteiger partial charge is 0.297 e. The maximum absolute atomic E-state index is 12.6. The molecule has 0 amide bonds. The second-order valence-electron chi connectivity index (χ2n) is 6.46. The molecule has 0 unspecified atom stereocenters. The van der Waals surface area contributed by atoms with E-state index < -0.39 is 21.3 Å². The van der Waals surface area contributed by atoms with Crippen molar-refractivity contribution in [3.05, 3.63) is 29.3 Å². The number of aryl methyl sites for hydroxylation is 2. The van der Waals surface area contributed by atoms with E-state index in [9.17, 15) is 13.2 Å². The van der Waals surface area contributed by atoms with Crippen molar-refractivity contribution in [2.75, 3.05) is 6.61 Å². The van der Waals surface area contributed by atoms with Gasteiger partial charge in [-0.2, -0.15) is 8.42 Å². The highest BCUT2D eigenvalue weighted by atomic mass is 32.2. The molecule has 1 aromatic carbocycles. The highest BCUT2D eigenvalue weighted by Crippen LogP contribution is 2.45. The van der Waals surface area contributed by atoms with Crippen LogP contribution in [0.25, 0.3) is 0 Å². The lowest BCUT2D eigenvalue weighted by molar-refractivity contribution is -0.197. The third-order valence-corrected chi connectivity index (χ3v) is 6.30. The molecule has 1 saturated carbocycles. The molecule has 1 aromatic rings. The van der Waals surface area contributed by atoms with Gasteiger partial charge in [0.05, 0.1) is 11.5 Å². The zero-order valence-corrected chi connectivity index (χ0v) is 13.6. The van der Waals surface area contributed by atoms with Crippen LogP contribution < -0.4 is 0 Å². The quantitative estimate of drug-likeness (QED) is 0.628. The van der Waals surface area contributed by atoms with Crippen LogP contribution in [-0.4, -0.2) is 32.5 Å². The molecule has 2 bridgehead atoms. The molecule has 0 N–H and O–H groups in total. The van der Waals surface area contributed by atoms with Gasteiger partial charge >= 0.3 is 0 Å². The summed E-state index contributed by atoms with van der Waals surface area (Å²) in [5.74, 6) is 0. The molecule has 2 aliphatic heterocycles. The Labute approximate surface area is 130 Å². The molecule has 6 heteroatoms. The average molecular weight is 324 g/mol. The van der Waals surface area contributed by atoms with Crippen LogP contribution in [0.5, 0.6) is 0 Å². The van der Waals surface area contributed by atoms with E-state index in [2.05, 4.69) is 0 Å². The fourth-order valence-electron chi connectivity index (χ4n) is 3.31. The average Bonchev–Trinajstić information content (AvgIpc) is 2.48. The molecule has 1 aliphatic carbocycles. The van der Waals surface area contributed by atoms with Gasteiger partial charge in [-0.1, -0.05) is 17.7 Å². The summed E-state index contributed by atoms with van der Waals surface area (Å²) >= 11 is 0. The molecule has 120 valence electrons. The first-order valence-electron chi connectivity index (χ1n) is 7.43. The van der Waals surface area contributed by atoms with Crippen molar-refractivity contribution >= 4 is 16.4 Å². The minimum atomic E-state index is -3.85. The summed E-state index contributed by atoms with van der Waals surface area (Å²) in [4.78, 5) is 11.3. The number of rotatable bonds is 4. The fraction of sp³-hybridized carbons (Fsp3) is 0.562. The second kappa shape index (κ2) is 5.15. The van der Waals surface area contributed by atoms with Gasteiger partial charge in [-0.05, 0) is 51.2 Å². The lowest BCUT2D eigenvalue weighted by Crippen LogP contribution is -2.57. The molecule has 22 heavy (non-hydrogen) atoms. The number of benzene rings is 1. The molecule has 0 aromatic heterocycles. The molecule has 2 saturated heterocycles. The maximum Gasteiger partial charge on any atom is 0.297 e. The standard InChI is InChI=1S/C16H20O5S/c1-12-3-4-14(13(2)9-12)22(18,19)21-16-7-5-15(10-17,6-8-16)20-11-16/h3-4,9-10H,5-8,11H2,1-2H3. The van der Waals surface area contributed by atoms with E-state index >= 15 is 0 Å². The Kier molecular flexibility index (Phi) is 3.66. The number of carbonyl (C=O) groups is 1. The third kappa shape index (κ3) is 2.59. The van der Waals surface area contributed by atoms with Crippen LogP contribution in [0.15, 0.2) is 23.1 Å². The van der Waals surface area contributed by atoms with Crippen molar-refractivity contribution in [3.8, 4) is 0 Å². The Morgan fingerprint density at radius 3 is 2.36 bits per heavy atom. The Morgan fingerprint density at radius 1 is 1.18 bits per heavy atom. The largest absolute Gasteiger partial charge is 0.364 e. The summed E-state index contributed by atoms with van der Waals surface area (Å²) in [7, 11) is -3.85. The topological polar surface area (TPSA) is 69.7 Å². The molecule has 0 spiro atoms. The molecule has 0 atom stereocenters. The van der Waals surface area contributed by atoms with Crippen LogP contribution in [-0.2, 0) is 23.8 Å². The zero-order chi connectivity index (χ0) is 16.0. The lowest BCUT2D eigenvalue weighted by Gasteiger charge is -2.49. The van der Waals surface area contributed by atoms with Gasteiger partial charge in [0.15, 0.2) is 6.29 Å². The number of fused-ring (bicyclic) bond motifs is 3. The summed E-state index contributed by atoms with van der Waals surface area (Å²) in [5.41, 5.74) is 0.116. The first kappa shape index (κ1) is 15.6. The number of aldehydes is 1. The van der Waals surface area contributed by atoms with Crippen molar-refractivity contribution in [2.45, 2.75) is 55.6 Å². The van der Waals surface area contributed by atoms with Gasteiger partial charge in [-0.25, -0.2) is 0 Å². The lowest BCUT2D eigenvalue weighted by atomic mass is 9.74. The predicted octanol–water partition coefficient (Wildman–Crippen LogP) is 2.29. The van der Waals surface area contributed by atoms with E-state index in [-0.39, 0.29) is 11.5 Å². The van der Waals surface area contributed by atoms with Crippen LogP contribution in [0, 0.1) is 13.8 Å². The van der Waals surface area contributed by atoms with Gasteiger partial charge < -0.3 is 9.53 Å². The Morgan fingerprint density at radius 2 is 1.86 bits per heavy atom. The number of hydrogen-bond acceptors (Lipinski definition) is 5. The van der Waals surface area contributed by atoms with E-state index in [1.165, 1.54) is 0 Å². The fourth-order valence-corrected chi connectivity index (χ4v) is 4.77. The Bertz CT molecular complexity index is 683. The molecule has 0 radical (unpaired) electrons. The van der Waals surface area contributed by atoms with E-state index in [0.29, 0.717) is 31.2 Å². The zero-order valence-electron chi connectivity index (χ0n) is 12.8. The number of hydrogen-bond donors (Lipinski definition) is 0. The van der Waals surface area contributed by atoms with Gasteiger partial charge in [-0.3, -0.25) is 4.18 Å². The number of carbonyl (C=O) groups excluding carboxylic acids is 1. The van der Waals surface area contributed by atoms with Crippen molar-refractivity contribution < 1.29 is 22.1 Å². The SMILES string of the molecule is Cc1ccc(S(=O)(=O)OC23CCC(C=O)(CC2)OC3)c(C)c1. The monoisotopic (exact) mass is 324 g/mol. The highest BCUT2D eigenvalue weighted by molar-refractivity contribution is 7.86. The molecule has 2 heterocycles. The summed E-state index contributed by atoms with van der Waals surface area (Å²) < 4.78 is 36.4. The molecular formula is C16H20O5S. The first-order chi connectivity index (χ1) is 10.3. The molecule has 5 nitrogen and oxygen atoms in total. The van der Waals surface area contributed by atoms with E-state index in [1.54, 1.807) is 19.1 Å². The van der Waals surface area contributed by atoms with Crippen LogP contribution in [0.1, 0.15) is 36.8 Å². The molecule has 4 rings (SSSR count). The molecular weight excluding hydrogens is 304 g/mol. The van der Waals surface area contributed by atoms with Gasteiger partial charge in [-0.15, -0.1) is 0 Å². The van der Waals surface area contributed by atoms with Gasteiger partial charge in [0.1, 0.15) is 11.2 Å². The van der Waals surface area contributed by atoms with Gasteiger partial charge in [0.2, 0.25) is 0 Å². The van der Waals surface area contributed by atoms with E-state index in [4.69, 9.17) is 8.92 Å². The Hall–Kier alpha value is -1.24. The van der Waals surface area contributed by atoms with Crippen molar-refractivity contribution in [3.63, 3.8) is 0 Å². The van der Waals surface area contributed by atoms with Crippen LogP contribution in [0.3, 0.4) is 0 Å². The third-order valence-electron chi connectivity index (χ3n) is 4.73. The Balaban J connectivity index is 1.85. The van der Waals surface area contributed by atoms with Gasteiger partial charge in [0, 0.05) is 0 Å². The van der Waals surface area contributed by atoms with E-state index in [1.807, 2.05) is 13.0 Å². The number of ether oxygens (including phenoxy) is 1. The van der Waals surface area contributed by atoms with Crippen LogP contribution in [0.4, 0.5) is 0 Å².